The van der Waals surface area contributed by atoms with Crippen LogP contribution in [-0.2, 0) is 23.7 Å². The molecule has 8 nitrogen and oxygen atoms in total. The summed E-state index contributed by atoms with van der Waals surface area (Å²) in [5, 5.41) is 2.72. The lowest BCUT2D eigenvalue weighted by molar-refractivity contribution is -0.122. The fraction of sp³-hybridized carbons (Fsp3) is 0.923. The van der Waals surface area contributed by atoms with Gasteiger partial charge in [-0.1, -0.05) is 0 Å². The molecule has 0 heterocycles. The van der Waals surface area contributed by atoms with Crippen LogP contribution < -0.4 is 16.2 Å². The standard InChI is InChI=1S/C13H29N3O5/c1-14-16-5-8-20-10-12-21-11-9-19-6-3-13(17)15-4-7-18-2/h14,16H,3-12H2,1-2H3,(H,15,17). The molecule has 0 fully saturated rings. The second kappa shape index (κ2) is 17.3. The molecule has 0 saturated heterocycles. The van der Waals surface area contributed by atoms with Crippen molar-refractivity contribution in [1.29, 1.82) is 0 Å². The zero-order chi connectivity index (χ0) is 15.6. The lowest BCUT2D eigenvalue weighted by Gasteiger charge is -2.07. The van der Waals surface area contributed by atoms with E-state index in [2.05, 4.69) is 16.2 Å². The summed E-state index contributed by atoms with van der Waals surface area (Å²) in [7, 11) is 3.41. The first kappa shape index (κ1) is 20.2. The van der Waals surface area contributed by atoms with E-state index in [4.69, 9.17) is 18.9 Å². The van der Waals surface area contributed by atoms with Crippen LogP contribution in [0.3, 0.4) is 0 Å². The molecule has 0 aliphatic heterocycles. The van der Waals surface area contributed by atoms with Crippen LogP contribution in [0, 0.1) is 0 Å². The Bertz CT molecular complexity index is 232. The summed E-state index contributed by atoms with van der Waals surface area (Å²) < 4.78 is 20.8. The van der Waals surface area contributed by atoms with Gasteiger partial charge in [0.1, 0.15) is 0 Å². The SMILES string of the molecule is CNNCCOCCOCCOCCC(=O)NCCOC. The molecular weight excluding hydrogens is 278 g/mol. The van der Waals surface area contributed by atoms with Gasteiger partial charge in [-0.25, -0.2) is 0 Å². The molecule has 3 N–H and O–H groups in total. The van der Waals surface area contributed by atoms with Crippen LogP contribution >= 0.6 is 0 Å². The molecule has 0 unspecified atom stereocenters. The molecule has 0 radical (unpaired) electrons. The van der Waals surface area contributed by atoms with E-state index >= 15 is 0 Å². The topological polar surface area (TPSA) is 90.1 Å². The first-order chi connectivity index (χ1) is 10.3. The maximum atomic E-state index is 11.3. The Balaban J connectivity index is 3.06. The molecule has 21 heavy (non-hydrogen) atoms. The van der Waals surface area contributed by atoms with Crippen molar-refractivity contribution in [2.24, 2.45) is 0 Å². The third kappa shape index (κ3) is 17.2. The quantitative estimate of drug-likeness (QED) is 0.247. The van der Waals surface area contributed by atoms with E-state index in [1.165, 1.54) is 0 Å². The number of hydrogen-bond donors (Lipinski definition) is 3. The molecule has 0 aromatic carbocycles. The van der Waals surface area contributed by atoms with Crippen LogP contribution in [-0.4, -0.2) is 79.4 Å². The lowest BCUT2D eigenvalue weighted by Crippen LogP contribution is -2.31. The maximum absolute atomic E-state index is 11.3. The zero-order valence-corrected chi connectivity index (χ0v) is 13.1. The van der Waals surface area contributed by atoms with Gasteiger partial charge >= 0.3 is 0 Å². The number of amides is 1. The molecule has 0 aromatic rings. The normalized spacial score (nSPS) is 10.8. The van der Waals surface area contributed by atoms with Gasteiger partial charge in [0.25, 0.3) is 0 Å². The van der Waals surface area contributed by atoms with E-state index in [-0.39, 0.29) is 5.91 Å². The van der Waals surface area contributed by atoms with Gasteiger partial charge in [-0.3, -0.25) is 15.6 Å². The summed E-state index contributed by atoms with van der Waals surface area (Å²) in [6, 6.07) is 0. The Morgan fingerprint density at radius 3 is 2.10 bits per heavy atom. The number of rotatable bonds is 16. The summed E-state index contributed by atoms with van der Waals surface area (Å²) in [5.74, 6) is -0.0310. The molecule has 126 valence electrons. The predicted octanol–water partition coefficient (Wildman–Crippen LogP) is -1.09. The van der Waals surface area contributed by atoms with Crippen molar-refractivity contribution in [2.75, 3.05) is 73.5 Å². The number of methoxy groups -OCH3 is 1. The Hall–Kier alpha value is -0.770. The van der Waals surface area contributed by atoms with Crippen molar-refractivity contribution < 1.29 is 23.7 Å². The Morgan fingerprint density at radius 1 is 0.857 bits per heavy atom. The second-order valence-electron chi connectivity index (χ2n) is 4.11. The van der Waals surface area contributed by atoms with Gasteiger partial charge < -0.3 is 24.3 Å². The molecule has 0 rings (SSSR count). The average Bonchev–Trinajstić information content (AvgIpc) is 2.48. The van der Waals surface area contributed by atoms with Crippen molar-refractivity contribution in [3.05, 3.63) is 0 Å². The maximum Gasteiger partial charge on any atom is 0.222 e. The summed E-state index contributed by atoms with van der Waals surface area (Å²) in [6.07, 6.45) is 0.352. The van der Waals surface area contributed by atoms with Crippen LogP contribution in [0.1, 0.15) is 6.42 Å². The monoisotopic (exact) mass is 307 g/mol. The number of carbonyl (C=O) groups is 1. The van der Waals surface area contributed by atoms with Gasteiger partial charge in [0, 0.05) is 26.6 Å². The van der Waals surface area contributed by atoms with Gasteiger partial charge in [-0.2, -0.15) is 0 Å². The molecule has 0 bridgehead atoms. The summed E-state index contributed by atoms with van der Waals surface area (Å²) in [6.45, 7) is 4.93. The molecule has 0 aromatic heterocycles. The third-order valence-corrected chi connectivity index (χ3v) is 2.39. The smallest absolute Gasteiger partial charge is 0.222 e. The fourth-order valence-electron chi connectivity index (χ4n) is 1.34. The molecule has 0 saturated carbocycles. The highest BCUT2D eigenvalue weighted by Gasteiger charge is 2.00. The minimum Gasteiger partial charge on any atom is -0.383 e. The second-order valence-corrected chi connectivity index (χ2v) is 4.11. The number of ether oxygens (including phenoxy) is 4. The highest BCUT2D eigenvalue weighted by Crippen LogP contribution is 1.85. The molecule has 1 amide bonds. The molecule has 0 atom stereocenters. The van der Waals surface area contributed by atoms with Gasteiger partial charge in [0.15, 0.2) is 0 Å². The summed E-state index contributed by atoms with van der Waals surface area (Å²) >= 11 is 0. The largest absolute Gasteiger partial charge is 0.383 e. The van der Waals surface area contributed by atoms with E-state index in [1.807, 2.05) is 7.05 Å². The van der Waals surface area contributed by atoms with E-state index in [0.717, 1.165) is 6.54 Å². The van der Waals surface area contributed by atoms with Crippen LogP contribution in [0.4, 0.5) is 0 Å². The highest BCUT2D eigenvalue weighted by molar-refractivity contribution is 5.75. The minimum absolute atomic E-state index is 0.0310. The molecule has 8 heteroatoms. The van der Waals surface area contributed by atoms with Crippen LogP contribution in [0.5, 0.6) is 0 Å². The first-order valence-corrected chi connectivity index (χ1v) is 7.19. The Morgan fingerprint density at radius 2 is 1.48 bits per heavy atom. The molecular formula is C13H29N3O5. The lowest BCUT2D eigenvalue weighted by atomic mass is 10.4. The third-order valence-electron chi connectivity index (χ3n) is 2.39. The van der Waals surface area contributed by atoms with Crippen LogP contribution in [0.25, 0.3) is 0 Å². The van der Waals surface area contributed by atoms with Gasteiger partial charge in [0.2, 0.25) is 5.91 Å². The van der Waals surface area contributed by atoms with Gasteiger partial charge in [-0.05, 0) is 7.05 Å². The number of carbonyl (C=O) groups excluding carboxylic acids is 1. The highest BCUT2D eigenvalue weighted by atomic mass is 16.5. The van der Waals surface area contributed by atoms with Crippen molar-refractivity contribution in [3.63, 3.8) is 0 Å². The van der Waals surface area contributed by atoms with Crippen molar-refractivity contribution in [3.8, 4) is 0 Å². The average molecular weight is 307 g/mol. The van der Waals surface area contributed by atoms with E-state index < -0.39 is 0 Å². The molecule has 0 spiro atoms. The van der Waals surface area contributed by atoms with Gasteiger partial charge in [-0.15, -0.1) is 0 Å². The Labute approximate surface area is 126 Å². The van der Waals surface area contributed by atoms with Crippen LogP contribution in [0.15, 0.2) is 0 Å². The number of hydrogen-bond acceptors (Lipinski definition) is 7. The summed E-state index contributed by atoms with van der Waals surface area (Å²) in [5.41, 5.74) is 5.73. The number of nitrogens with one attached hydrogen (secondary N) is 3. The van der Waals surface area contributed by atoms with Crippen molar-refractivity contribution in [2.45, 2.75) is 6.42 Å². The van der Waals surface area contributed by atoms with Crippen molar-refractivity contribution in [1.82, 2.24) is 16.2 Å². The van der Waals surface area contributed by atoms with Crippen molar-refractivity contribution >= 4 is 5.91 Å². The Kier molecular flexibility index (Phi) is 16.6. The predicted molar refractivity (Wildman–Crippen MR) is 79.0 cm³/mol. The summed E-state index contributed by atoms with van der Waals surface area (Å²) in [4.78, 5) is 11.3. The molecule has 0 aliphatic rings. The van der Waals surface area contributed by atoms with E-state index in [1.54, 1.807) is 7.11 Å². The minimum atomic E-state index is -0.0310. The zero-order valence-electron chi connectivity index (χ0n) is 13.1. The van der Waals surface area contributed by atoms with E-state index in [0.29, 0.717) is 59.2 Å². The van der Waals surface area contributed by atoms with E-state index in [9.17, 15) is 4.79 Å². The number of hydrazine groups is 1. The van der Waals surface area contributed by atoms with Crippen LogP contribution in [0.2, 0.25) is 0 Å². The van der Waals surface area contributed by atoms with Gasteiger partial charge in [0.05, 0.1) is 46.2 Å². The fourth-order valence-corrected chi connectivity index (χ4v) is 1.34. The first-order valence-electron chi connectivity index (χ1n) is 7.19. The molecule has 0 aliphatic carbocycles.